The van der Waals surface area contributed by atoms with Crippen LogP contribution in [0.2, 0.25) is 0 Å². The van der Waals surface area contributed by atoms with E-state index in [-0.39, 0.29) is 18.1 Å². The normalized spacial score (nSPS) is 23.2. The number of nitrogens with one attached hydrogen (secondary N) is 1. The van der Waals surface area contributed by atoms with E-state index in [2.05, 4.69) is 15.4 Å². The zero-order chi connectivity index (χ0) is 23.3. The Morgan fingerprint density at radius 2 is 2.06 bits per heavy atom. The molecule has 1 amide bonds. The Morgan fingerprint density at radius 3 is 2.66 bits per heavy atom. The van der Waals surface area contributed by atoms with Crippen LogP contribution in [0.15, 0.2) is 33.4 Å². The van der Waals surface area contributed by atoms with Crippen LogP contribution in [0.4, 0.5) is 13.2 Å². The molecule has 3 atom stereocenters. The van der Waals surface area contributed by atoms with Gasteiger partial charge in [0.05, 0.1) is 24.6 Å². The van der Waals surface area contributed by atoms with Crippen molar-refractivity contribution < 1.29 is 41.5 Å². The zero-order valence-corrected chi connectivity index (χ0v) is 17.3. The quantitative estimate of drug-likeness (QED) is 0.701. The molecule has 2 saturated heterocycles. The molecule has 32 heavy (non-hydrogen) atoms. The molecule has 176 valence electrons. The van der Waals surface area contributed by atoms with Crippen molar-refractivity contribution in [2.45, 2.75) is 63.7 Å². The maximum Gasteiger partial charge on any atom is 0.490 e. The first-order valence-corrected chi connectivity index (χ1v) is 10.1. The van der Waals surface area contributed by atoms with Gasteiger partial charge in [0, 0.05) is 25.2 Å². The second-order valence-electron chi connectivity index (χ2n) is 7.60. The highest BCUT2D eigenvalue weighted by Gasteiger charge is 2.41. The molecule has 0 aliphatic carbocycles. The molecular formula is C20H24F3N3O6. The summed E-state index contributed by atoms with van der Waals surface area (Å²) < 4.78 is 48.2. The predicted molar refractivity (Wildman–Crippen MR) is 102 cm³/mol. The Balaban J connectivity index is 0.000000360. The Morgan fingerprint density at radius 1 is 1.31 bits per heavy atom. The number of rotatable bonds is 5. The number of amides is 1. The lowest BCUT2D eigenvalue weighted by Gasteiger charge is -2.35. The van der Waals surface area contributed by atoms with Gasteiger partial charge in [-0.15, -0.1) is 0 Å². The van der Waals surface area contributed by atoms with Gasteiger partial charge in [0.15, 0.2) is 0 Å². The average Bonchev–Trinajstić information content (AvgIpc) is 3.48. The van der Waals surface area contributed by atoms with Gasteiger partial charge in [-0.25, -0.2) is 4.79 Å². The summed E-state index contributed by atoms with van der Waals surface area (Å²) in [5.41, 5.74) is 0.955. The summed E-state index contributed by atoms with van der Waals surface area (Å²) in [6.07, 6.45) is -1.10. The van der Waals surface area contributed by atoms with Crippen LogP contribution in [0.25, 0.3) is 0 Å². The summed E-state index contributed by atoms with van der Waals surface area (Å²) in [7, 11) is 0. The number of fused-ring (bicyclic) bond motifs is 1. The molecule has 0 unspecified atom stereocenters. The Hall–Kier alpha value is -2.86. The van der Waals surface area contributed by atoms with Gasteiger partial charge >= 0.3 is 12.1 Å². The number of aryl methyl sites for hydroxylation is 1. The molecule has 2 N–H and O–H groups in total. The number of hydrogen-bond donors (Lipinski definition) is 2. The molecule has 0 bridgehead atoms. The molecule has 4 rings (SSSR count). The van der Waals surface area contributed by atoms with Crippen LogP contribution in [-0.4, -0.2) is 58.0 Å². The van der Waals surface area contributed by atoms with E-state index in [9.17, 15) is 18.0 Å². The largest absolute Gasteiger partial charge is 0.490 e. The maximum atomic E-state index is 12.3. The third kappa shape index (κ3) is 6.33. The molecule has 0 aromatic carbocycles. The second-order valence-corrected chi connectivity index (χ2v) is 7.60. The number of aromatic nitrogens is 1. The van der Waals surface area contributed by atoms with Crippen molar-refractivity contribution in [2.24, 2.45) is 0 Å². The standard InChI is InChI=1S/C18H23N3O4.C2HF3O2/c1-12-9-13(20-25-12)11-21-7-6-16-15(21)4-5-17(24-16)18(22)19-10-14-3-2-8-23-14;3-2(4,5)1(6)7/h2-3,8-9,15-17H,4-7,10-11H2,1H3,(H,19,22);(H,6,7)/t15-,16-,17-;/m1./s1. The van der Waals surface area contributed by atoms with Crippen molar-refractivity contribution >= 4 is 11.9 Å². The predicted octanol–water partition coefficient (Wildman–Crippen LogP) is 2.65. The summed E-state index contributed by atoms with van der Waals surface area (Å²) in [5.74, 6) is -1.23. The number of halogens is 3. The number of alkyl halides is 3. The number of aliphatic carboxylic acids is 1. The molecule has 0 spiro atoms. The van der Waals surface area contributed by atoms with Crippen LogP contribution in [0.3, 0.4) is 0 Å². The third-order valence-corrected chi connectivity index (χ3v) is 5.26. The third-order valence-electron chi connectivity index (χ3n) is 5.26. The van der Waals surface area contributed by atoms with Crippen molar-refractivity contribution in [3.05, 3.63) is 41.7 Å². The van der Waals surface area contributed by atoms with Crippen molar-refractivity contribution in [3.63, 3.8) is 0 Å². The molecule has 0 radical (unpaired) electrons. The first-order valence-electron chi connectivity index (χ1n) is 10.1. The zero-order valence-electron chi connectivity index (χ0n) is 17.3. The number of nitrogens with zero attached hydrogens (tertiary/aromatic N) is 2. The average molecular weight is 459 g/mol. The topological polar surface area (TPSA) is 118 Å². The minimum Gasteiger partial charge on any atom is -0.475 e. The highest BCUT2D eigenvalue weighted by molar-refractivity contribution is 5.80. The van der Waals surface area contributed by atoms with E-state index in [1.165, 1.54) is 0 Å². The lowest BCUT2D eigenvalue weighted by Crippen LogP contribution is -2.47. The van der Waals surface area contributed by atoms with Crippen molar-refractivity contribution in [1.82, 2.24) is 15.4 Å². The van der Waals surface area contributed by atoms with Crippen LogP contribution >= 0.6 is 0 Å². The summed E-state index contributed by atoms with van der Waals surface area (Å²) in [6.45, 7) is 4.04. The fraction of sp³-hybridized carbons (Fsp3) is 0.550. The molecule has 12 heteroatoms. The highest BCUT2D eigenvalue weighted by atomic mass is 19.4. The van der Waals surface area contributed by atoms with Crippen LogP contribution in [0.5, 0.6) is 0 Å². The Bertz CT molecular complexity index is 899. The van der Waals surface area contributed by atoms with Crippen molar-refractivity contribution in [2.75, 3.05) is 6.54 Å². The van der Waals surface area contributed by atoms with Crippen LogP contribution in [0.1, 0.15) is 36.5 Å². The highest BCUT2D eigenvalue weighted by Crippen LogP contribution is 2.32. The van der Waals surface area contributed by atoms with Crippen LogP contribution < -0.4 is 5.32 Å². The van der Waals surface area contributed by atoms with Crippen LogP contribution in [0, 0.1) is 6.92 Å². The monoisotopic (exact) mass is 459 g/mol. The second kappa shape index (κ2) is 10.2. The molecular weight excluding hydrogens is 435 g/mol. The number of carboxylic acid groups (broad SMARTS) is 1. The summed E-state index contributed by atoms with van der Waals surface area (Å²) in [5, 5.41) is 14.1. The van der Waals surface area contributed by atoms with Gasteiger partial charge in [-0.1, -0.05) is 5.16 Å². The molecule has 2 fully saturated rings. The molecule has 2 aromatic rings. The van der Waals surface area contributed by atoms with E-state index in [0.717, 1.165) is 49.6 Å². The van der Waals surface area contributed by atoms with Gasteiger partial charge < -0.3 is 24.1 Å². The first-order chi connectivity index (χ1) is 15.1. The van der Waals surface area contributed by atoms with Crippen molar-refractivity contribution in [1.29, 1.82) is 0 Å². The fourth-order valence-electron chi connectivity index (χ4n) is 3.81. The first kappa shape index (κ1) is 23.8. The van der Waals surface area contributed by atoms with E-state index in [1.807, 2.05) is 25.1 Å². The van der Waals surface area contributed by atoms with Gasteiger partial charge in [0.1, 0.15) is 17.6 Å². The minimum atomic E-state index is -5.08. The van der Waals surface area contributed by atoms with Crippen LogP contribution in [-0.2, 0) is 27.4 Å². The van der Waals surface area contributed by atoms with Gasteiger partial charge in [0.25, 0.3) is 0 Å². The maximum absolute atomic E-state index is 12.3. The number of hydrogen-bond acceptors (Lipinski definition) is 7. The van der Waals surface area contributed by atoms with Gasteiger partial charge in [-0.3, -0.25) is 9.69 Å². The molecule has 2 aliphatic heterocycles. The number of carbonyl (C=O) groups is 2. The van der Waals surface area contributed by atoms with Gasteiger partial charge in [0.2, 0.25) is 5.91 Å². The molecule has 9 nitrogen and oxygen atoms in total. The van der Waals surface area contributed by atoms with E-state index in [0.29, 0.717) is 12.6 Å². The fourth-order valence-corrected chi connectivity index (χ4v) is 3.81. The van der Waals surface area contributed by atoms with E-state index in [1.54, 1.807) is 6.26 Å². The van der Waals surface area contributed by atoms with E-state index >= 15 is 0 Å². The molecule has 2 aromatic heterocycles. The van der Waals surface area contributed by atoms with E-state index in [4.69, 9.17) is 23.6 Å². The SMILES string of the molecule is Cc1cc(CN2CC[C@H]3O[C@@H](C(=O)NCc4ccco4)CC[C@H]32)no1.O=C(O)C(F)(F)F. The smallest absolute Gasteiger partial charge is 0.475 e. The number of furan rings is 1. The summed E-state index contributed by atoms with van der Waals surface area (Å²) >= 11 is 0. The lowest BCUT2D eigenvalue weighted by atomic mass is 9.98. The summed E-state index contributed by atoms with van der Waals surface area (Å²) in [4.78, 5) is 23.6. The number of carbonyl (C=O) groups excluding carboxylic acids is 1. The molecule has 2 aliphatic rings. The number of ether oxygens (including phenoxy) is 1. The van der Waals surface area contributed by atoms with Crippen molar-refractivity contribution in [3.8, 4) is 0 Å². The van der Waals surface area contributed by atoms with Gasteiger partial charge in [-0.2, -0.15) is 13.2 Å². The molecule has 0 saturated carbocycles. The lowest BCUT2D eigenvalue weighted by molar-refractivity contribution is -0.192. The minimum absolute atomic E-state index is 0.0552. The van der Waals surface area contributed by atoms with Gasteiger partial charge in [-0.05, 0) is 38.3 Å². The van der Waals surface area contributed by atoms with E-state index < -0.39 is 12.1 Å². The number of carboxylic acids is 1. The molecule has 4 heterocycles. The Labute approximate surface area is 181 Å². The summed E-state index contributed by atoms with van der Waals surface area (Å²) in [6, 6.07) is 5.98. The number of likely N-dealkylation sites (tertiary alicyclic amines) is 1. The Kier molecular flexibility index (Phi) is 7.56.